The van der Waals surface area contributed by atoms with Gasteiger partial charge in [0, 0.05) is 0 Å². The normalized spacial score (nSPS) is 11.5. The highest BCUT2D eigenvalue weighted by molar-refractivity contribution is 5.82. The lowest BCUT2D eigenvalue weighted by atomic mass is 10.1. The number of nitrogens with zero attached hydrogens (tertiary/aromatic N) is 1. The van der Waals surface area contributed by atoms with Crippen molar-refractivity contribution in [2.45, 2.75) is 6.18 Å². The first kappa shape index (κ1) is 17.5. The van der Waals surface area contributed by atoms with Crippen LogP contribution < -0.4 is 10.2 Å². The molecule has 0 unspecified atom stereocenters. The third-order valence-corrected chi connectivity index (χ3v) is 2.84. The number of hydrazone groups is 1. The summed E-state index contributed by atoms with van der Waals surface area (Å²) in [6.07, 6.45) is -3.23. The highest BCUT2D eigenvalue weighted by Gasteiger charge is 2.29. The maximum atomic E-state index is 13.3. The number of benzene rings is 2. The molecule has 2 rings (SSSR count). The zero-order chi connectivity index (χ0) is 17.6. The van der Waals surface area contributed by atoms with Crippen LogP contribution in [0.5, 0.6) is 5.75 Å². The molecule has 4 nitrogen and oxygen atoms in total. The Hall–Kier alpha value is -2.90. The molecule has 1 amide bonds. The summed E-state index contributed by atoms with van der Waals surface area (Å²) in [5, 5.41) is 3.59. The molecule has 2 aromatic carbocycles. The third-order valence-electron chi connectivity index (χ3n) is 2.84. The number of nitrogens with one attached hydrogen (secondary N) is 1. The summed E-state index contributed by atoms with van der Waals surface area (Å²) in [6, 6.07) is 9.84. The lowest BCUT2D eigenvalue weighted by Gasteiger charge is -2.06. The number of hydrogen-bond donors (Lipinski definition) is 1. The molecule has 24 heavy (non-hydrogen) atoms. The van der Waals surface area contributed by atoms with Crippen LogP contribution >= 0.6 is 0 Å². The zero-order valence-electron chi connectivity index (χ0n) is 12.2. The van der Waals surface area contributed by atoms with Gasteiger partial charge in [-0.1, -0.05) is 24.3 Å². The molecule has 0 atom stereocenters. The van der Waals surface area contributed by atoms with Gasteiger partial charge in [-0.3, -0.25) is 4.79 Å². The zero-order valence-corrected chi connectivity index (χ0v) is 12.2. The van der Waals surface area contributed by atoms with E-state index in [1.807, 2.05) is 0 Å². The molecule has 0 heterocycles. The topological polar surface area (TPSA) is 50.7 Å². The van der Waals surface area contributed by atoms with Crippen LogP contribution in [0.15, 0.2) is 53.6 Å². The summed E-state index contributed by atoms with van der Waals surface area (Å²) in [6.45, 7) is -0.453. The van der Waals surface area contributed by atoms with Crippen molar-refractivity contribution in [3.05, 3.63) is 65.5 Å². The molecule has 8 heteroatoms. The number of para-hydroxylation sites is 1. The lowest BCUT2D eigenvalue weighted by Crippen LogP contribution is -2.24. The molecule has 0 saturated heterocycles. The van der Waals surface area contributed by atoms with Gasteiger partial charge in [-0.05, 0) is 29.8 Å². The number of ether oxygens (including phenoxy) is 1. The van der Waals surface area contributed by atoms with Gasteiger partial charge < -0.3 is 4.74 Å². The summed E-state index contributed by atoms with van der Waals surface area (Å²) < 4.78 is 55.4. The summed E-state index contributed by atoms with van der Waals surface area (Å²) in [5.41, 5.74) is 1.72. The second-order valence-electron chi connectivity index (χ2n) is 4.63. The number of hydrogen-bond acceptors (Lipinski definition) is 3. The molecule has 2 aromatic rings. The molecule has 0 bridgehead atoms. The monoisotopic (exact) mass is 340 g/mol. The van der Waals surface area contributed by atoms with Crippen molar-refractivity contribution in [1.82, 2.24) is 5.43 Å². The first-order chi connectivity index (χ1) is 11.4. The van der Waals surface area contributed by atoms with Gasteiger partial charge in [0.15, 0.2) is 18.2 Å². The lowest BCUT2D eigenvalue weighted by molar-refractivity contribution is -0.137. The van der Waals surface area contributed by atoms with Crippen LogP contribution in [0.2, 0.25) is 0 Å². The maximum Gasteiger partial charge on any atom is 0.416 e. The quantitative estimate of drug-likeness (QED) is 0.515. The molecule has 0 aromatic heterocycles. The van der Waals surface area contributed by atoms with E-state index in [4.69, 9.17) is 4.74 Å². The predicted molar refractivity (Wildman–Crippen MR) is 79.1 cm³/mol. The number of halogens is 4. The minimum Gasteiger partial charge on any atom is -0.481 e. The highest BCUT2D eigenvalue weighted by Crippen LogP contribution is 2.28. The number of rotatable bonds is 5. The molecule has 0 spiro atoms. The number of amides is 1. The van der Waals surface area contributed by atoms with Crippen LogP contribution in [0.1, 0.15) is 11.1 Å². The van der Waals surface area contributed by atoms with Gasteiger partial charge in [-0.25, -0.2) is 9.82 Å². The average Bonchev–Trinajstić information content (AvgIpc) is 2.54. The fourth-order valence-electron chi connectivity index (χ4n) is 1.67. The standard InChI is InChI=1S/C16H12F4N2O2/c17-13-3-1-2-4-14(13)24-10-15(23)22-21-9-11-5-7-12(8-6-11)16(18,19)20/h1-9H,10H2,(H,22,23)/b21-9-. The molecule has 126 valence electrons. The van der Waals surface area contributed by atoms with Gasteiger partial charge in [0.25, 0.3) is 5.91 Å². The van der Waals surface area contributed by atoms with Crippen LogP contribution in [-0.2, 0) is 11.0 Å². The number of carbonyl (C=O) groups excluding carboxylic acids is 1. The SMILES string of the molecule is O=C(COc1ccccc1F)N/N=C\c1ccc(C(F)(F)F)cc1. The molecule has 0 aliphatic rings. The van der Waals surface area contributed by atoms with E-state index in [1.54, 1.807) is 6.07 Å². The van der Waals surface area contributed by atoms with Crippen molar-refractivity contribution in [2.75, 3.05) is 6.61 Å². The van der Waals surface area contributed by atoms with E-state index in [9.17, 15) is 22.4 Å². The van der Waals surface area contributed by atoms with Gasteiger partial charge in [0.05, 0.1) is 11.8 Å². The largest absolute Gasteiger partial charge is 0.481 e. The highest BCUT2D eigenvalue weighted by atomic mass is 19.4. The summed E-state index contributed by atoms with van der Waals surface area (Å²) >= 11 is 0. The van der Waals surface area contributed by atoms with E-state index in [2.05, 4.69) is 10.5 Å². The van der Waals surface area contributed by atoms with E-state index in [0.717, 1.165) is 12.1 Å². The Morgan fingerprint density at radius 2 is 1.79 bits per heavy atom. The van der Waals surface area contributed by atoms with E-state index in [0.29, 0.717) is 5.56 Å². The predicted octanol–water partition coefficient (Wildman–Crippen LogP) is 3.37. The molecular weight excluding hydrogens is 328 g/mol. The minimum atomic E-state index is -4.41. The molecule has 0 aliphatic heterocycles. The third kappa shape index (κ3) is 5.08. The van der Waals surface area contributed by atoms with Crippen LogP contribution in [0.3, 0.4) is 0 Å². The van der Waals surface area contributed by atoms with Crippen molar-refractivity contribution in [3.8, 4) is 5.75 Å². The van der Waals surface area contributed by atoms with Crippen LogP contribution in [0.25, 0.3) is 0 Å². The van der Waals surface area contributed by atoms with E-state index in [-0.39, 0.29) is 5.75 Å². The van der Waals surface area contributed by atoms with Crippen LogP contribution in [0.4, 0.5) is 17.6 Å². The molecule has 0 aliphatic carbocycles. The van der Waals surface area contributed by atoms with Crippen molar-refractivity contribution in [2.24, 2.45) is 5.10 Å². The van der Waals surface area contributed by atoms with Gasteiger partial charge in [0.1, 0.15) is 0 Å². The Bertz CT molecular complexity index is 728. The number of carbonyl (C=O) groups is 1. The van der Waals surface area contributed by atoms with Gasteiger partial charge in [-0.2, -0.15) is 18.3 Å². The summed E-state index contributed by atoms with van der Waals surface area (Å²) in [5.74, 6) is -1.31. The van der Waals surface area contributed by atoms with Crippen molar-refractivity contribution in [1.29, 1.82) is 0 Å². The van der Waals surface area contributed by atoms with Crippen LogP contribution in [0, 0.1) is 5.82 Å². The fraction of sp³-hybridized carbons (Fsp3) is 0.125. The summed E-state index contributed by atoms with van der Waals surface area (Å²) in [7, 11) is 0. The average molecular weight is 340 g/mol. The Morgan fingerprint density at radius 3 is 2.42 bits per heavy atom. The van der Waals surface area contributed by atoms with Gasteiger partial charge >= 0.3 is 6.18 Å². The molecule has 1 N–H and O–H groups in total. The second kappa shape index (κ2) is 7.58. The first-order valence-electron chi connectivity index (χ1n) is 6.73. The summed E-state index contributed by atoms with van der Waals surface area (Å²) in [4.78, 5) is 11.5. The molecule has 0 fully saturated rings. The molecule has 0 saturated carbocycles. The van der Waals surface area contributed by atoms with Gasteiger partial charge in [-0.15, -0.1) is 0 Å². The molecular formula is C16H12F4N2O2. The van der Waals surface area contributed by atoms with E-state index < -0.39 is 30.1 Å². The van der Waals surface area contributed by atoms with Crippen molar-refractivity contribution >= 4 is 12.1 Å². The molecule has 0 radical (unpaired) electrons. The van der Waals surface area contributed by atoms with E-state index >= 15 is 0 Å². The van der Waals surface area contributed by atoms with Crippen molar-refractivity contribution < 1.29 is 27.1 Å². The Kier molecular flexibility index (Phi) is 5.51. The maximum absolute atomic E-state index is 13.3. The Morgan fingerprint density at radius 1 is 1.12 bits per heavy atom. The van der Waals surface area contributed by atoms with Crippen molar-refractivity contribution in [3.63, 3.8) is 0 Å². The van der Waals surface area contributed by atoms with Gasteiger partial charge in [0.2, 0.25) is 0 Å². The fourth-order valence-corrected chi connectivity index (χ4v) is 1.67. The smallest absolute Gasteiger partial charge is 0.416 e. The Balaban J connectivity index is 1.83. The minimum absolute atomic E-state index is 0.0700. The second-order valence-corrected chi connectivity index (χ2v) is 4.63. The van der Waals surface area contributed by atoms with E-state index in [1.165, 1.54) is 36.5 Å². The Labute approximate surface area is 134 Å². The number of alkyl halides is 3. The van der Waals surface area contributed by atoms with Crippen LogP contribution in [-0.4, -0.2) is 18.7 Å². The first-order valence-corrected chi connectivity index (χ1v) is 6.73.